The lowest BCUT2D eigenvalue weighted by Crippen LogP contribution is -2.39. The molecule has 5 heteroatoms. The van der Waals surface area contributed by atoms with Crippen LogP contribution >= 0.6 is 0 Å². The van der Waals surface area contributed by atoms with E-state index < -0.39 is 0 Å². The van der Waals surface area contributed by atoms with Crippen molar-refractivity contribution >= 4 is 11.9 Å². The predicted octanol–water partition coefficient (Wildman–Crippen LogP) is 0.527. The Hall–Kier alpha value is -1.10. The third-order valence-electron chi connectivity index (χ3n) is 3.15. The van der Waals surface area contributed by atoms with Gasteiger partial charge in [0.15, 0.2) is 0 Å². The van der Waals surface area contributed by atoms with Crippen molar-refractivity contribution in [2.24, 2.45) is 11.7 Å². The predicted molar refractivity (Wildman–Crippen MR) is 64.2 cm³/mol. The van der Waals surface area contributed by atoms with Gasteiger partial charge in [-0.15, -0.1) is 0 Å². The Balaban J connectivity index is 2.10. The average molecular weight is 242 g/mol. The monoisotopic (exact) mass is 242 g/mol. The summed E-state index contributed by atoms with van der Waals surface area (Å²) >= 11 is 0. The lowest BCUT2D eigenvalue weighted by molar-refractivity contribution is -0.143. The molecule has 0 unspecified atom stereocenters. The number of amides is 1. The van der Waals surface area contributed by atoms with Gasteiger partial charge in [0, 0.05) is 12.3 Å². The summed E-state index contributed by atoms with van der Waals surface area (Å²) in [5.74, 6) is -0.271. The van der Waals surface area contributed by atoms with Crippen LogP contribution in [0.1, 0.15) is 32.6 Å². The molecule has 5 nitrogen and oxygen atoms in total. The van der Waals surface area contributed by atoms with E-state index in [0.29, 0.717) is 13.0 Å². The molecular weight excluding hydrogens is 220 g/mol. The van der Waals surface area contributed by atoms with Gasteiger partial charge in [-0.05, 0) is 45.8 Å². The molecule has 1 aliphatic rings. The molecule has 0 spiro atoms. The first-order valence-electron chi connectivity index (χ1n) is 6.30. The van der Waals surface area contributed by atoms with Crippen molar-refractivity contribution in [1.82, 2.24) is 4.90 Å². The van der Waals surface area contributed by atoms with E-state index in [9.17, 15) is 9.59 Å². The second-order valence-electron chi connectivity index (χ2n) is 4.43. The Bertz CT molecular complexity index is 260. The number of nitrogens with zero attached hydrogens (tertiary/aromatic N) is 1. The number of ether oxygens (including phenoxy) is 1. The van der Waals surface area contributed by atoms with Crippen LogP contribution in [-0.4, -0.2) is 43.0 Å². The molecule has 0 aliphatic carbocycles. The summed E-state index contributed by atoms with van der Waals surface area (Å²) in [5, 5.41) is 0. The van der Waals surface area contributed by atoms with Crippen LogP contribution in [0.2, 0.25) is 0 Å². The minimum absolute atomic E-state index is 0.0382. The lowest BCUT2D eigenvalue weighted by atomic mass is 9.96. The number of rotatable bonds is 6. The van der Waals surface area contributed by atoms with Crippen LogP contribution in [0.3, 0.4) is 0 Å². The van der Waals surface area contributed by atoms with Gasteiger partial charge in [-0.1, -0.05) is 0 Å². The molecular formula is C12H22N2O3. The number of hydrogen-bond donors (Lipinski definition) is 1. The normalized spacial score (nSPS) is 17.9. The van der Waals surface area contributed by atoms with Crippen molar-refractivity contribution in [3.63, 3.8) is 0 Å². The summed E-state index contributed by atoms with van der Waals surface area (Å²) in [7, 11) is 0. The maximum Gasteiger partial charge on any atom is 0.305 e. The number of hydrogen-bond acceptors (Lipinski definition) is 4. The Labute approximate surface area is 102 Å². The highest BCUT2D eigenvalue weighted by Crippen LogP contribution is 2.16. The highest BCUT2D eigenvalue weighted by molar-refractivity contribution is 5.76. The summed E-state index contributed by atoms with van der Waals surface area (Å²) < 4.78 is 4.86. The van der Waals surface area contributed by atoms with E-state index in [0.717, 1.165) is 38.9 Å². The van der Waals surface area contributed by atoms with Crippen molar-refractivity contribution in [3.05, 3.63) is 0 Å². The van der Waals surface area contributed by atoms with Crippen LogP contribution in [0.25, 0.3) is 0 Å². The Kier molecular flexibility index (Phi) is 5.97. The molecule has 0 aromatic heterocycles. The van der Waals surface area contributed by atoms with Gasteiger partial charge >= 0.3 is 5.97 Å². The molecule has 17 heavy (non-hydrogen) atoms. The van der Waals surface area contributed by atoms with Crippen molar-refractivity contribution in [1.29, 1.82) is 0 Å². The topological polar surface area (TPSA) is 72.6 Å². The molecule has 0 bridgehead atoms. The molecule has 0 aromatic rings. The van der Waals surface area contributed by atoms with E-state index in [1.54, 1.807) is 0 Å². The van der Waals surface area contributed by atoms with E-state index in [1.165, 1.54) is 0 Å². The summed E-state index contributed by atoms with van der Waals surface area (Å²) in [5.41, 5.74) is 5.27. The van der Waals surface area contributed by atoms with Crippen LogP contribution in [0, 0.1) is 5.92 Å². The van der Waals surface area contributed by atoms with Crippen molar-refractivity contribution in [2.75, 3.05) is 26.2 Å². The molecule has 2 N–H and O–H groups in total. The van der Waals surface area contributed by atoms with Gasteiger partial charge < -0.3 is 15.4 Å². The van der Waals surface area contributed by atoms with Gasteiger partial charge in [0.25, 0.3) is 0 Å². The zero-order valence-corrected chi connectivity index (χ0v) is 10.5. The van der Waals surface area contributed by atoms with Crippen molar-refractivity contribution in [3.8, 4) is 0 Å². The molecule has 1 fully saturated rings. The van der Waals surface area contributed by atoms with Gasteiger partial charge in [-0.3, -0.25) is 9.59 Å². The Morgan fingerprint density at radius 3 is 2.53 bits per heavy atom. The van der Waals surface area contributed by atoms with Gasteiger partial charge in [0.2, 0.25) is 5.91 Å². The van der Waals surface area contributed by atoms with Gasteiger partial charge in [0.1, 0.15) is 0 Å². The van der Waals surface area contributed by atoms with Crippen LogP contribution in [0.15, 0.2) is 0 Å². The first kappa shape index (κ1) is 14.0. The van der Waals surface area contributed by atoms with Gasteiger partial charge in [0.05, 0.1) is 6.61 Å². The SMILES string of the molecule is CCOC(=O)CCCN1CCC(C(N)=O)CC1. The third kappa shape index (κ3) is 5.17. The fourth-order valence-corrected chi connectivity index (χ4v) is 2.12. The zero-order valence-electron chi connectivity index (χ0n) is 10.5. The van der Waals surface area contributed by atoms with E-state index in [-0.39, 0.29) is 17.8 Å². The maximum absolute atomic E-state index is 11.1. The van der Waals surface area contributed by atoms with E-state index in [4.69, 9.17) is 10.5 Å². The zero-order chi connectivity index (χ0) is 12.7. The third-order valence-corrected chi connectivity index (χ3v) is 3.15. The van der Waals surface area contributed by atoms with E-state index in [2.05, 4.69) is 4.90 Å². The highest BCUT2D eigenvalue weighted by atomic mass is 16.5. The van der Waals surface area contributed by atoms with Crippen LogP contribution < -0.4 is 5.73 Å². The first-order chi connectivity index (χ1) is 8.13. The largest absolute Gasteiger partial charge is 0.466 e. The minimum atomic E-state index is -0.184. The van der Waals surface area contributed by atoms with Crippen LogP contribution in [-0.2, 0) is 14.3 Å². The van der Waals surface area contributed by atoms with Gasteiger partial charge in [-0.2, -0.15) is 0 Å². The number of esters is 1. The number of carbonyl (C=O) groups excluding carboxylic acids is 2. The molecule has 0 aromatic carbocycles. The number of carbonyl (C=O) groups is 2. The lowest BCUT2D eigenvalue weighted by Gasteiger charge is -2.30. The van der Waals surface area contributed by atoms with Crippen LogP contribution in [0.5, 0.6) is 0 Å². The number of nitrogens with two attached hydrogens (primary N) is 1. The molecule has 1 rings (SSSR count). The van der Waals surface area contributed by atoms with Gasteiger partial charge in [-0.25, -0.2) is 0 Å². The second kappa shape index (κ2) is 7.27. The standard InChI is InChI=1S/C12H22N2O3/c1-2-17-11(15)4-3-7-14-8-5-10(6-9-14)12(13)16/h10H,2-9H2,1H3,(H2,13,16). The van der Waals surface area contributed by atoms with Crippen LogP contribution in [0.4, 0.5) is 0 Å². The Morgan fingerprint density at radius 1 is 1.35 bits per heavy atom. The second-order valence-corrected chi connectivity index (χ2v) is 4.43. The molecule has 1 amide bonds. The summed E-state index contributed by atoms with van der Waals surface area (Å²) in [6.45, 7) is 4.95. The number of primary amides is 1. The molecule has 0 saturated carbocycles. The summed E-state index contributed by atoms with van der Waals surface area (Å²) in [6, 6.07) is 0. The molecule has 1 saturated heterocycles. The smallest absolute Gasteiger partial charge is 0.305 e. The Morgan fingerprint density at radius 2 is 2.00 bits per heavy atom. The molecule has 1 heterocycles. The summed E-state index contributed by atoms with van der Waals surface area (Å²) in [6.07, 6.45) is 2.98. The average Bonchev–Trinajstić information content (AvgIpc) is 2.30. The molecule has 0 atom stereocenters. The number of likely N-dealkylation sites (tertiary alicyclic amines) is 1. The maximum atomic E-state index is 11.1. The van der Waals surface area contributed by atoms with E-state index in [1.807, 2.05) is 6.92 Å². The highest BCUT2D eigenvalue weighted by Gasteiger charge is 2.22. The fraction of sp³-hybridized carbons (Fsp3) is 0.833. The molecule has 0 radical (unpaired) electrons. The molecule has 98 valence electrons. The fourth-order valence-electron chi connectivity index (χ4n) is 2.12. The van der Waals surface area contributed by atoms with Crippen molar-refractivity contribution < 1.29 is 14.3 Å². The van der Waals surface area contributed by atoms with Crippen molar-refractivity contribution in [2.45, 2.75) is 32.6 Å². The quantitative estimate of drug-likeness (QED) is 0.689. The summed E-state index contributed by atoms with van der Waals surface area (Å²) in [4.78, 5) is 24.4. The van der Waals surface area contributed by atoms with E-state index >= 15 is 0 Å². The minimum Gasteiger partial charge on any atom is -0.466 e. The first-order valence-corrected chi connectivity index (χ1v) is 6.30. The number of piperidine rings is 1. The molecule has 1 aliphatic heterocycles.